The fraction of sp³-hybridized carbons (Fsp3) is 0.211. The van der Waals surface area contributed by atoms with E-state index < -0.39 is 11.8 Å². The van der Waals surface area contributed by atoms with Crippen molar-refractivity contribution in [2.75, 3.05) is 19.5 Å². The van der Waals surface area contributed by atoms with Crippen molar-refractivity contribution in [1.29, 1.82) is 0 Å². The number of hydrazone groups is 1. The number of amides is 2. The molecule has 7 heteroatoms. The Hall–Kier alpha value is -3.35. The Bertz CT molecular complexity index is 801. The fourth-order valence-corrected chi connectivity index (χ4v) is 2.16. The molecule has 0 heterocycles. The SMILES string of the molecule is CCc1ccc(NC(=O)C(=O)NN=Cc2cc(OC)ccc2OC)cc1. The molecule has 0 atom stereocenters. The second-order valence-electron chi connectivity index (χ2n) is 5.31. The van der Waals surface area contributed by atoms with Crippen LogP contribution >= 0.6 is 0 Å². The molecule has 0 aromatic heterocycles. The second kappa shape index (κ2) is 9.22. The van der Waals surface area contributed by atoms with E-state index in [-0.39, 0.29) is 0 Å². The van der Waals surface area contributed by atoms with Gasteiger partial charge in [0.1, 0.15) is 11.5 Å². The molecule has 0 bridgehead atoms. The summed E-state index contributed by atoms with van der Waals surface area (Å²) in [6.07, 6.45) is 2.28. The predicted molar refractivity (Wildman–Crippen MR) is 99.7 cm³/mol. The van der Waals surface area contributed by atoms with Crippen molar-refractivity contribution in [1.82, 2.24) is 5.43 Å². The van der Waals surface area contributed by atoms with Gasteiger partial charge in [0, 0.05) is 11.3 Å². The first-order valence-corrected chi connectivity index (χ1v) is 8.02. The number of nitrogens with one attached hydrogen (secondary N) is 2. The molecule has 2 amide bonds. The number of hydrogen-bond donors (Lipinski definition) is 2. The average molecular weight is 355 g/mol. The van der Waals surface area contributed by atoms with Crippen molar-refractivity contribution in [3.63, 3.8) is 0 Å². The van der Waals surface area contributed by atoms with Crippen LogP contribution in [0.5, 0.6) is 11.5 Å². The monoisotopic (exact) mass is 355 g/mol. The fourth-order valence-electron chi connectivity index (χ4n) is 2.16. The van der Waals surface area contributed by atoms with Crippen molar-refractivity contribution in [3.05, 3.63) is 53.6 Å². The van der Waals surface area contributed by atoms with Gasteiger partial charge < -0.3 is 14.8 Å². The highest BCUT2D eigenvalue weighted by Crippen LogP contribution is 2.22. The number of anilines is 1. The van der Waals surface area contributed by atoms with Gasteiger partial charge in [0.05, 0.1) is 20.4 Å². The number of rotatable bonds is 6. The van der Waals surface area contributed by atoms with Gasteiger partial charge in [-0.3, -0.25) is 9.59 Å². The minimum absolute atomic E-state index is 0.542. The zero-order chi connectivity index (χ0) is 18.9. The lowest BCUT2D eigenvalue weighted by atomic mass is 10.1. The van der Waals surface area contributed by atoms with Gasteiger partial charge in [0.25, 0.3) is 0 Å². The molecular formula is C19H21N3O4. The van der Waals surface area contributed by atoms with Crippen LogP contribution in [0.3, 0.4) is 0 Å². The van der Waals surface area contributed by atoms with E-state index in [1.165, 1.54) is 13.3 Å². The lowest BCUT2D eigenvalue weighted by Gasteiger charge is -2.07. The van der Waals surface area contributed by atoms with Crippen LogP contribution in [0.4, 0.5) is 5.69 Å². The molecule has 2 N–H and O–H groups in total. The summed E-state index contributed by atoms with van der Waals surface area (Å²) in [4.78, 5) is 23.7. The first-order chi connectivity index (χ1) is 12.6. The Morgan fingerprint density at radius 1 is 1.04 bits per heavy atom. The summed E-state index contributed by atoms with van der Waals surface area (Å²) in [5.74, 6) is -0.497. The molecule has 0 aliphatic heterocycles. The highest BCUT2D eigenvalue weighted by atomic mass is 16.5. The summed E-state index contributed by atoms with van der Waals surface area (Å²) >= 11 is 0. The predicted octanol–water partition coefficient (Wildman–Crippen LogP) is 2.36. The van der Waals surface area contributed by atoms with Crippen LogP contribution in [-0.2, 0) is 16.0 Å². The molecular weight excluding hydrogens is 334 g/mol. The third-order valence-corrected chi connectivity index (χ3v) is 3.63. The summed E-state index contributed by atoms with van der Waals surface area (Å²) in [5.41, 5.74) is 4.47. The van der Waals surface area contributed by atoms with E-state index in [0.717, 1.165) is 12.0 Å². The molecule has 0 aliphatic rings. The zero-order valence-electron chi connectivity index (χ0n) is 14.9. The van der Waals surface area contributed by atoms with Gasteiger partial charge in [-0.05, 0) is 42.3 Å². The lowest BCUT2D eigenvalue weighted by molar-refractivity contribution is -0.136. The molecule has 2 aromatic rings. The molecule has 0 saturated heterocycles. The molecule has 2 rings (SSSR count). The summed E-state index contributed by atoms with van der Waals surface area (Å²) in [7, 11) is 3.07. The summed E-state index contributed by atoms with van der Waals surface area (Å²) in [6, 6.07) is 12.4. The lowest BCUT2D eigenvalue weighted by Crippen LogP contribution is -2.32. The minimum atomic E-state index is -0.873. The van der Waals surface area contributed by atoms with E-state index in [1.54, 1.807) is 37.4 Å². The number of carbonyl (C=O) groups is 2. The van der Waals surface area contributed by atoms with Crippen LogP contribution in [0, 0.1) is 0 Å². The third-order valence-electron chi connectivity index (χ3n) is 3.63. The molecule has 26 heavy (non-hydrogen) atoms. The van der Waals surface area contributed by atoms with Crippen LogP contribution in [0.1, 0.15) is 18.1 Å². The first-order valence-electron chi connectivity index (χ1n) is 8.02. The van der Waals surface area contributed by atoms with Gasteiger partial charge in [-0.25, -0.2) is 5.43 Å². The Morgan fingerprint density at radius 3 is 2.38 bits per heavy atom. The molecule has 136 valence electrons. The summed E-state index contributed by atoms with van der Waals surface area (Å²) in [5, 5.41) is 6.31. The normalized spacial score (nSPS) is 10.4. The van der Waals surface area contributed by atoms with Crippen LogP contribution < -0.4 is 20.2 Å². The van der Waals surface area contributed by atoms with E-state index in [9.17, 15) is 9.59 Å². The number of benzene rings is 2. The smallest absolute Gasteiger partial charge is 0.329 e. The van der Waals surface area contributed by atoms with Crippen molar-refractivity contribution >= 4 is 23.7 Å². The van der Waals surface area contributed by atoms with E-state index in [1.807, 2.05) is 19.1 Å². The molecule has 0 spiro atoms. The Morgan fingerprint density at radius 2 is 1.77 bits per heavy atom. The largest absolute Gasteiger partial charge is 0.497 e. The summed E-state index contributed by atoms with van der Waals surface area (Å²) in [6.45, 7) is 2.04. The quantitative estimate of drug-likeness (QED) is 0.473. The molecule has 0 radical (unpaired) electrons. The maximum atomic E-state index is 11.9. The number of ether oxygens (including phenoxy) is 2. The Labute approximate surface area is 152 Å². The van der Waals surface area contributed by atoms with Crippen LogP contribution in [-0.4, -0.2) is 32.2 Å². The van der Waals surface area contributed by atoms with Crippen molar-refractivity contribution in [2.24, 2.45) is 5.10 Å². The Balaban J connectivity index is 1.96. The number of hydrogen-bond acceptors (Lipinski definition) is 5. The Kier molecular flexibility index (Phi) is 6.73. The highest BCUT2D eigenvalue weighted by molar-refractivity contribution is 6.39. The van der Waals surface area contributed by atoms with Gasteiger partial charge in [0.15, 0.2) is 0 Å². The number of nitrogens with zero attached hydrogens (tertiary/aromatic N) is 1. The first kappa shape index (κ1) is 19.0. The molecule has 0 fully saturated rings. The molecule has 0 unspecified atom stereocenters. The maximum absolute atomic E-state index is 11.9. The third kappa shape index (κ3) is 5.07. The van der Waals surface area contributed by atoms with Crippen molar-refractivity contribution in [2.45, 2.75) is 13.3 Å². The summed E-state index contributed by atoms with van der Waals surface area (Å²) < 4.78 is 10.3. The van der Waals surface area contributed by atoms with E-state index in [4.69, 9.17) is 9.47 Å². The average Bonchev–Trinajstić information content (AvgIpc) is 2.68. The van der Waals surface area contributed by atoms with Gasteiger partial charge >= 0.3 is 11.8 Å². The van der Waals surface area contributed by atoms with Crippen LogP contribution in [0.2, 0.25) is 0 Å². The van der Waals surface area contributed by atoms with Crippen molar-refractivity contribution in [3.8, 4) is 11.5 Å². The van der Waals surface area contributed by atoms with Gasteiger partial charge in [-0.2, -0.15) is 5.10 Å². The number of carbonyl (C=O) groups excluding carboxylic acids is 2. The van der Waals surface area contributed by atoms with E-state index in [0.29, 0.717) is 22.7 Å². The van der Waals surface area contributed by atoms with Gasteiger partial charge in [-0.1, -0.05) is 19.1 Å². The molecule has 0 saturated carbocycles. The standard InChI is InChI=1S/C19H21N3O4/c1-4-13-5-7-15(8-6-13)21-18(23)19(24)22-20-12-14-11-16(25-2)9-10-17(14)26-3/h5-12H,4H2,1-3H3,(H,21,23)(H,22,24). The van der Waals surface area contributed by atoms with E-state index >= 15 is 0 Å². The molecule has 2 aromatic carbocycles. The van der Waals surface area contributed by atoms with Crippen molar-refractivity contribution < 1.29 is 19.1 Å². The molecule has 0 aliphatic carbocycles. The second-order valence-corrected chi connectivity index (χ2v) is 5.31. The van der Waals surface area contributed by atoms with Crippen LogP contribution in [0.25, 0.3) is 0 Å². The van der Waals surface area contributed by atoms with Gasteiger partial charge in [0.2, 0.25) is 0 Å². The van der Waals surface area contributed by atoms with E-state index in [2.05, 4.69) is 15.8 Å². The number of methoxy groups -OCH3 is 2. The van der Waals surface area contributed by atoms with Crippen LogP contribution in [0.15, 0.2) is 47.6 Å². The maximum Gasteiger partial charge on any atom is 0.329 e. The topological polar surface area (TPSA) is 89.0 Å². The van der Waals surface area contributed by atoms with Gasteiger partial charge in [-0.15, -0.1) is 0 Å². The zero-order valence-corrected chi connectivity index (χ0v) is 14.9. The highest BCUT2D eigenvalue weighted by Gasteiger charge is 2.13. The molecule has 7 nitrogen and oxygen atoms in total. The number of aryl methyl sites for hydroxylation is 1. The minimum Gasteiger partial charge on any atom is -0.497 e.